The Balaban J connectivity index is 1.42. The van der Waals surface area contributed by atoms with Crippen molar-refractivity contribution >= 4 is 16.9 Å². The van der Waals surface area contributed by atoms with Gasteiger partial charge in [-0.05, 0) is 31.4 Å². The van der Waals surface area contributed by atoms with Crippen LogP contribution >= 0.6 is 0 Å². The molecule has 2 atom stereocenters. The van der Waals surface area contributed by atoms with Gasteiger partial charge >= 0.3 is 0 Å². The fourth-order valence-electron chi connectivity index (χ4n) is 5.11. The van der Waals surface area contributed by atoms with E-state index in [2.05, 4.69) is 15.2 Å². The number of amides is 1. The molecule has 0 aromatic carbocycles. The number of halogens is 2. The van der Waals surface area contributed by atoms with E-state index in [4.69, 9.17) is 4.74 Å². The van der Waals surface area contributed by atoms with Gasteiger partial charge < -0.3 is 15.2 Å². The highest BCUT2D eigenvalue weighted by molar-refractivity contribution is 6.01. The first kappa shape index (κ1) is 21.3. The SMILES string of the molecule is O=C(NC1CCC(F)(F)CC1)c1c(O)c2cccnc2n(CCN2C3COCC2C3)c1=O. The lowest BCUT2D eigenvalue weighted by Crippen LogP contribution is -2.64. The zero-order valence-corrected chi connectivity index (χ0v) is 17.6. The summed E-state index contributed by atoms with van der Waals surface area (Å²) in [5.41, 5.74) is -0.685. The van der Waals surface area contributed by atoms with Crippen molar-refractivity contribution in [1.82, 2.24) is 19.8 Å². The maximum absolute atomic E-state index is 13.4. The second-order valence-electron chi connectivity index (χ2n) is 8.98. The summed E-state index contributed by atoms with van der Waals surface area (Å²) in [6.45, 7) is 2.27. The Labute approximate surface area is 183 Å². The molecule has 0 spiro atoms. The molecule has 1 amide bonds. The van der Waals surface area contributed by atoms with Crippen molar-refractivity contribution in [3.05, 3.63) is 34.2 Å². The summed E-state index contributed by atoms with van der Waals surface area (Å²) >= 11 is 0. The largest absolute Gasteiger partial charge is 0.506 e. The molecular weight excluding hydrogens is 422 g/mol. The van der Waals surface area contributed by atoms with Crippen LogP contribution in [0, 0.1) is 0 Å². The molecule has 2 aliphatic heterocycles. The number of morpholine rings is 1. The first-order valence-corrected chi connectivity index (χ1v) is 11.1. The minimum Gasteiger partial charge on any atom is -0.506 e. The first-order chi connectivity index (χ1) is 15.3. The van der Waals surface area contributed by atoms with Gasteiger partial charge in [0.25, 0.3) is 11.5 Å². The Morgan fingerprint density at radius 2 is 1.97 bits per heavy atom. The van der Waals surface area contributed by atoms with Crippen LogP contribution in [0.15, 0.2) is 23.1 Å². The lowest BCUT2D eigenvalue weighted by Gasteiger charge is -2.52. The van der Waals surface area contributed by atoms with Crippen LogP contribution in [-0.4, -0.2) is 69.3 Å². The molecule has 172 valence electrons. The zero-order valence-electron chi connectivity index (χ0n) is 17.6. The molecule has 3 fully saturated rings. The number of nitrogens with one attached hydrogen (secondary N) is 1. The van der Waals surface area contributed by atoms with Gasteiger partial charge in [0.15, 0.2) is 0 Å². The first-order valence-electron chi connectivity index (χ1n) is 11.1. The maximum Gasteiger partial charge on any atom is 0.268 e. The highest BCUT2D eigenvalue weighted by Crippen LogP contribution is 2.34. The number of hydrogen-bond donors (Lipinski definition) is 2. The van der Waals surface area contributed by atoms with E-state index < -0.39 is 29.2 Å². The molecule has 2 aromatic heterocycles. The third-order valence-electron chi connectivity index (χ3n) is 6.96. The van der Waals surface area contributed by atoms with E-state index in [0.29, 0.717) is 49.4 Å². The highest BCUT2D eigenvalue weighted by Gasteiger charge is 2.42. The van der Waals surface area contributed by atoms with Crippen molar-refractivity contribution < 1.29 is 23.4 Å². The maximum atomic E-state index is 13.4. The third kappa shape index (κ3) is 3.75. The number of hydrogen-bond acceptors (Lipinski definition) is 6. The van der Waals surface area contributed by atoms with Crippen molar-refractivity contribution in [2.45, 2.75) is 62.7 Å². The second-order valence-corrected chi connectivity index (χ2v) is 8.98. The average Bonchev–Trinajstić information content (AvgIpc) is 2.78. The van der Waals surface area contributed by atoms with Gasteiger partial charge in [0, 0.05) is 50.3 Å². The Kier molecular flexibility index (Phi) is 5.37. The van der Waals surface area contributed by atoms with Crippen LogP contribution in [0.5, 0.6) is 5.75 Å². The van der Waals surface area contributed by atoms with Crippen LogP contribution in [0.3, 0.4) is 0 Å². The van der Waals surface area contributed by atoms with Crippen LogP contribution in [-0.2, 0) is 11.3 Å². The lowest BCUT2D eigenvalue weighted by molar-refractivity contribution is -0.127. The van der Waals surface area contributed by atoms with Crippen LogP contribution in [0.1, 0.15) is 42.5 Å². The molecule has 2 bridgehead atoms. The summed E-state index contributed by atoms with van der Waals surface area (Å²) in [6, 6.07) is 3.46. The van der Waals surface area contributed by atoms with Crippen molar-refractivity contribution in [1.29, 1.82) is 0 Å². The summed E-state index contributed by atoms with van der Waals surface area (Å²) in [6.07, 6.45) is 2.25. The van der Waals surface area contributed by atoms with Crippen LogP contribution in [0.4, 0.5) is 8.78 Å². The molecule has 2 saturated heterocycles. The molecule has 2 aromatic rings. The summed E-state index contributed by atoms with van der Waals surface area (Å²) in [4.78, 5) is 32.8. The van der Waals surface area contributed by atoms with E-state index in [1.807, 2.05) is 0 Å². The molecule has 1 aliphatic carbocycles. The Morgan fingerprint density at radius 3 is 2.66 bits per heavy atom. The third-order valence-corrected chi connectivity index (χ3v) is 6.96. The molecule has 2 unspecified atom stereocenters. The van der Waals surface area contributed by atoms with Gasteiger partial charge in [0.2, 0.25) is 5.92 Å². The van der Waals surface area contributed by atoms with Gasteiger partial charge in [-0.1, -0.05) is 0 Å². The quantitative estimate of drug-likeness (QED) is 0.725. The standard InChI is InChI=1S/C22H26F2N4O4/c23-22(24)5-3-13(4-6-22)26-20(30)17-18(29)16-2-1-7-25-19(16)28(21(17)31)9-8-27-14-10-15(27)12-32-11-14/h1-2,7,13-15,29H,3-6,8-12H2,(H,26,30). The number of ether oxygens (including phenoxy) is 1. The Morgan fingerprint density at radius 1 is 1.25 bits per heavy atom. The van der Waals surface area contributed by atoms with Crippen LogP contribution in [0.2, 0.25) is 0 Å². The van der Waals surface area contributed by atoms with E-state index in [9.17, 15) is 23.5 Å². The smallest absolute Gasteiger partial charge is 0.268 e. The number of nitrogens with zero attached hydrogens (tertiary/aromatic N) is 3. The molecule has 10 heteroatoms. The van der Waals surface area contributed by atoms with E-state index in [1.54, 1.807) is 12.1 Å². The number of pyridine rings is 2. The van der Waals surface area contributed by atoms with Gasteiger partial charge in [0.05, 0.1) is 18.6 Å². The summed E-state index contributed by atoms with van der Waals surface area (Å²) < 4.78 is 33.8. The molecule has 3 aliphatic rings. The molecule has 4 heterocycles. The lowest BCUT2D eigenvalue weighted by atomic mass is 9.91. The summed E-state index contributed by atoms with van der Waals surface area (Å²) in [7, 11) is 0. The number of carbonyl (C=O) groups excluding carboxylic acids is 1. The number of fused-ring (bicyclic) bond motifs is 3. The van der Waals surface area contributed by atoms with Gasteiger partial charge in [-0.15, -0.1) is 0 Å². The predicted octanol–water partition coefficient (Wildman–Crippen LogP) is 1.88. The van der Waals surface area contributed by atoms with Gasteiger partial charge in [-0.3, -0.25) is 19.1 Å². The highest BCUT2D eigenvalue weighted by atomic mass is 19.3. The molecule has 8 nitrogen and oxygen atoms in total. The van der Waals surface area contributed by atoms with Gasteiger partial charge in [0.1, 0.15) is 17.0 Å². The average molecular weight is 448 g/mol. The second kappa shape index (κ2) is 8.08. The van der Waals surface area contributed by atoms with Crippen molar-refractivity contribution in [3.63, 3.8) is 0 Å². The summed E-state index contributed by atoms with van der Waals surface area (Å²) in [5.74, 6) is -3.89. The Bertz CT molecular complexity index is 1080. The molecule has 2 N–H and O–H groups in total. The zero-order chi connectivity index (χ0) is 22.5. The molecule has 5 rings (SSSR count). The molecular formula is C22H26F2N4O4. The number of rotatable bonds is 5. The van der Waals surface area contributed by atoms with Crippen LogP contribution in [0.25, 0.3) is 11.0 Å². The molecule has 32 heavy (non-hydrogen) atoms. The van der Waals surface area contributed by atoms with E-state index in [1.165, 1.54) is 10.8 Å². The number of aromatic nitrogens is 2. The minimum atomic E-state index is -2.72. The van der Waals surface area contributed by atoms with Crippen LogP contribution < -0.4 is 10.9 Å². The number of aromatic hydroxyl groups is 1. The molecule has 1 saturated carbocycles. The van der Waals surface area contributed by atoms with Gasteiger partial charge in [-0.2, -0.15) is 0 Å². The predicted molar refractivity (Wildman–Crippen MR) is 112 cm³/mol. The van der Waals surface area contributed by atoms with Crippen molar-refractivity contribution in [2.24, 2.45) is 0 Å². The summed E-state index contributed by atoms with van der Waals surface area (Å²) in [5, 5.41) is 13.7. The van der Waals surface area contributed by atoms with Crippen molar-refractivity contribution in [3.8, 4) is 5.75 Å². The topological polar surface area (TPSA) is 96.7 Å². The normalized spacial score (nSPS) is 25.4. The van der Waals surface area contributed by atoms with E-state index in [-0.39, 0.29) is 31.2 Å². The fourth-order valence-corrected chi connectivity index (χ4v) is 5.11. The monoisotopic (exact) mass is 448 g/mol. The minimum absolute atomic E-state index is 0.128. The van der Waals surface area contributed by atoms with E-state index >= 15 is 0 Å². The van der Waals surface area contributed by atoms with E-state index in [0.717, 1.165) is 6.42 Å². The Hall–Kier alpha value is -2.59. The van der Waals surface area contributed by atoms with Gasteiger partial charge in [-0.25, -0.2) is 13.8 Å². The van der Waals surface area contributed by atoms with Crippen molar-refractivity contribution in [2.75, 3.05) is 19.8 Å². The number of alkyl halides is 2. The fraction of sp³-hybridized carbons (Fsp3) is 0.591. The molecule has 0 radical (unpaired) electrons. The number of carbonyl (C=O) groups is 1.